The molecule has 0 spiro atoms. The van der Waals surface area contributed by atoms with Crippen LogP contribution in [0, 0.1) is 0 Å². The highest BCUT2D eigenvalue weighted by Gasteiger charge is 2.21. The number of carbonyl (C=O) groups excluding carboxylic acids is 2. The first kappa shape index (κ1) is 15.4. The summed E-state index contributed by atoms with van der Waals surface area (Å²) in [6.07, 6.45) is 2.38. The molecule has 0 aromatic rings. The smallest absolute Gasteiger partial charge is 0.321 e. The van der Waals surface area contributed by atoms with Gasteiger partial charge in [0.25, 0.3) is 0 Å². The second-order valence-electron chi connectivity index (χ2n) is 4.78. The fraction of sp³-hybridized carbons (Fsp3) is 0.750. The number of hydrogen-bond acceptors (Lipinski definition) is 4. The number of carbonyl (C=O) groups is 3. The predicted octanol–water partition coefficient (Wildman–Crippen LogP) is 0.161. The fourth-order valence-corrected chi connectivity index (χ4v) is 2.08. The summed E-state index contributed by atoms with van der Waals surface area (Å²) in [5, 5.41) is 13.3. The number of carboxylic acids is 1. The van der Waals surface area contributed by atoms with E-state index in [9.17, 15) is 14.4 Å². The number of hydrogen-bond donors (Lipinski definition) is 3. The first-order chi connectivity index (χ1) is 8.99. The van der Waals surface area contributed by atoms with Gasteiger partial charge < -0.3 is 15.3 Å². The Bertz CT molecular complexity index is 346. The summed E-state index contributed by atoms with van der Waals surface area (Å²) in [5.41, 5.74) is 0. The van der Waals surface area contributed by atoms with E-state index in [4.69, 9.17) is 5.11 Å². The minimum absolute atomic E-state index is 0.0447. The summed E-state index contributed by atoms with van der Waals surface area (Å²) in [6.45, 7) is 1.55. The molecule has 1 fully saturated rings. The molecule has 19 heavy (non-hydrogen) atoms. The second-order valence-corrected chi connectivity index (χ2v) is 4.78. The summed E-state index contributed by atoms with van der Waals surface area (Å²) < 4.78 is 0. The predicted molar refractivity (Wildman–Crippen MR) is 68.7 cm³/mol. The Balaban J connectivity index is 2.12. The zero-order valence-electron chi connectivity index (χ0n) is 11.1. The topological polar surface area (TPSA) is 98.7 Å². The lowest BCUT2D eigenvalue weighted by Gasteiger charge is -2.19. The van der Waals surface area contributed by atoms with Crippen molar-refractivity contribution in [3.05, 3.63) is 0 Å². The standard InChI is InChI=1S/C12H21N3O4/c1-15-7-3-4-9(15)8-13-12(19)14-10(16)5-2-6-11(17)18/h9H,2-8H2,1H3,(H,17,18)(H2,13,14,16,19). The van der Waals surface area contributed by atoms with Crippen molar-refractivity contribution in [2.75, 3.05) is 20.1 Å². The molecule has 0 radical (unpaired) electrons. The molecule has 0 aromatic heterocycles. The van der Waals surface area contributed by atoms with E-state index in [2.05, 4.69) is 15.5 Å². The molecule has 7 nitrogen and oxygen atoms in total. The molecule has 0 bridgehead atoms. The molecule has 0 saturated carbocycles. The number of carboxylic acid groups (broad SMARTS) is 1. The molecule has 1 heterocycles. The largest absolute Gasteiger partial charge is 0.481 e. The average molecular weight is 271 g/mol. The third-order valence-corrected chi connectivity index (χ3v) is 3.22. The Morgan fingerprint density at radius 2 is 2.05 bits per heavy atom. The van der Waals surface area contributed by atoms with Crippen molar-refractivity contribution in [2.24, 2.45) is 0 Å². The number of urea groups is 1. The normalized spacial score (nSPS) is 19.1. The van der Waals surface area contributed by atoms with Gasteiger partial charge in [0.2, 0.25) is 5.91 Å². The minimum atomic E-state index is -0.943. The summed E-state index contributed by atoms with van der Waals surface area (Å²) in [6, 6.07) is -0.187. The number of likely N-dealkylation sites (tertiary alicyclic amines) is 1. The first-order valence-corrected chi connectivity index (χ1v) is 6.48. The zero-order valence-corrected chi connectivity index (χ0v) is 11.1. The maximum Gasteiger partial charge on any atom is 0.321 e. The lowest BCUT2D eigenvalue weighted by Crippen LogP contribution is -2.44. The van der Waals surface area contributed by atoms with Gasteiger partial charge in [-0.15, -0.1) is 0 Å². The Morgan fingerprint density at radius 1 is 1.32 bits per heavy atom. The first-order valence-electron chi connectivity index (χ1n) is 6.48. The SMILES string of the molecule is CN1CCCC1CNC(=O)NC(=O)CCCC(=O)O. The second kappa shape index (κ2) is 7.73. The van der Waals surface area contributed by atoms with Gasteiger partial charge in [0.05, 0.1) is 0 Å². The van der Waals surface area contributed by atoms with Crippen LogP contribution in [0.4, 0.5) is 4.79 Å². The fourth-order valence-electron chi connectivity index (χ4n) is 2.08. The van der Waals surface area contributed by atoms with Crippen LogP contribution >= 0.6 is 0 Å². The van der Waals surface area contributed by atoms with Crippen LogP contribution in [0.5, 0.6) is 0 Å². The number of nitrogens with zero attached hydrogens (tertiary/aromatic N) is 1. The van der Waals surface area contributed by atoms with Gasteiger partial charge in [0, 0.05) is 25.4 Å². The van der Waals surface area contributed by atoms with E-state index >= 15 is 0 Å². The highest BCUT2D eigenvalue weighted by molar-refractivity contribution is 5.94. The number of aliphatic carboxylic acids is 1. The number of likely N-dealkylation sites (N-methyl/N-ethyl adjacent to an activating group) is 1. The Kier molecular flexibility index (Phi) is 6.27. The van der Waals surface area contributed by atoms with E-state index in [0.717, 1.165) is 19.4 Å². The molecule has 1 aliphatic rings. The lowest BCUT2D eigenvalue weighted by atomic mass is 10.2. The molecule has 1 saturated heterocycles. The maximum absolute atomic E-state index is 11.4. The van der Waals surface area contributed by atoms with E-state index in [0.29, 0.717) is 12.6 Å². The summed E-state index contributed by atoms with van der Waals surface area (Å²) in [7, 11) is 2.01. The van der Waals surface area contributed by atoms with Gasteiger partial charge in [-0.25, -0.2) is 4.79 Å². The van der Waals surface area contributed by atoms with E-state index in [-0.39, 0.29) is 19.3 Å². The molecule has 1 aliphatic heterocycles. The van der Waals surface area contributed by atoms with Crippen molar-refractivity contribution >= 4 is 17.9 Å². The molecule has 108 valence electrons. The average Bonchev–Trinajstić information content (AvgIpc) is 2.71. The highest BCUT2D eigenvalue weighted by Crippen LogP contribution is 2.13. The maximum atomic E-state index is 11.4. The minimum Gasteiger partial charge on any atom is -0.481 e. The summed E-state index contributed by atoms with van der Waals surface area (Å²) in [4.78, 5) is 35.2. The van der Waals surface area contributed by atoms with Crippen molar-refractivity contribution in [1.29, 1.82) is 0 Å². The van der Waals surface area contributed by atoms with E-state index in [1.54, 1.807) is 0 Å². The molecule has 0 aliphatic carbocycles. The van der Waals surface area contributed by atoms with Crippen molar-refractivity contribution in [1.82, 2.24) is 15.5 Å². The van der Waals surface area contributed by atoms with Gasteiger partial charge in [0.1, 0.15) is 0 Å². The molecular formula is C12H21N3O4. The molecule has 1 rings (SSSR count). The van der Waals surface area contributed by atoms with Crippen LogP contribution < -0.4 is 10.6 Å². The Hall–Kier alpha value is -1.63. The van der Waals surface area contributed by atoms with Gasteiger partial charge in [-0.05, 0) is 32.9 Å². The van der Waals surface area contributed by atoms with E-state index < -0.39 is 17.9 Å². The van der Waals surface area contributed by atoms with Gasteiger partial charge in [-0.1, -0.05) is 0 Å². The Labute approximate surface area is 112 Å². The Morgan fingerprint density at radius 3 is 2.63 bits per heavy atom. The number of imide groups is 1. The van der Waals surface area contributed by atoms with Crippen LogP contribution in [0.3, 0.4) is 0 Å². The van der Waals surface area contributed by atoms with Crippen molar-refractivity contribution < 1.29 is 19.5 Å². The van der Waals surface area contributed by atoms with Crippen LogP contribution in [0.15, 0.2) is 0 Å². The van der Waals surface area contributed by atoms with Crippen molar-refractivity contribution in [3.63, 3.8) is 0 Å². The zero-order chi connectivity index (χ0) is 14.3. The number of nitrogens with one attached hydrogen (secondary N) is 2. The van der Waals surface area contributed by atoms with Crippen LogP contribution in [0.2, 0.25) is 0 Å². The third-order valence-electron chi connectivity index (χ3n) is 3.22. The van der Waals surface area contributed by atoms with Crippen molar-refractivity contribution in [2.45, 2.75) is 38.1 Å². The summed E-state index contributed by atoms with van der Waals surface area (Å²) in [5.74, 6) is -1.39. The van der Waals surface area contributed by atoms with Gasteiger partial charge in [-0.3, -0.25) is 14.9 Å². The number of rotatable bonds is 6. The summed E-state index contributed by atoms with van der Waals surface area (Å²) >= 11 is 0. The molecule has 3 amide bonds. The van der Waals surface area contributed by atoms with E-state index in [1.807, 2.05) is 7.05 Å². The van der Waals surface area contributed by atoms with Crippen LogP contribution in [-0.4, -0.2) is 54.1 Å². The van der Waals surface area contributed by atoms with Crippen molar-refractivity contribution in [3.8, 4) is 0 Å². The van der Waals surface area contributed by atoms with E-state index in [1.165, 1.54) is 0 Å². The van der Waals surface area contributed by atoms with Crippen LogP contribution in [0.25, 0.3) is 0 Å². The molecule has 3 N–H and O–H groups in total. The van der Waals surface area contributed by atoms with Crippen LogP contribution in [-0.2, 0) is 9.59 Å². The monoisotopic (exact) mass is 271 g/mol. The molecule has 1 atom stereocenters. The third kappa shape index (κ3) is 6.19. The lowest BCUT2D eigenvalue weighted by molar-refractivity contribution is -0.137. The van der Waals surface area contributed by atoms with Gasteiger partial charge in [-0.2, -0.15) is 0 Å². The number of amides is 3. The molecule has 7 heteroatoms. The van der Waals surface area contributed by atoms with Crippen LogP contribution in [0.1, 0.15) is 32.1 Å². The quantitative estimate of drug-likeness (QED) is 0.639. The van der Waals surface area contributed by atoms with Gasteiger partial charge in [0.15, 0.2) is 0 Å². The highest BCUT2D eigenvalue weighted by atomic mass is 16.4. The molecule has 0 aromatic carbocycles. The molecule has 1 unspecified atom stereocenters. The van der Waals surface area contributed by atoms with Gasteiger partial charge >= 0.3 is 12.0 Å². The molecular weight excluding hydrogens is 250 g/mol.